The Bertz CT molecular complexity index is 1400. The van der Waals surface area contributed by atoms with Crippen molar-refractivity contribution in [2.45, 2.75) is 39.0 Å². The summed E-state index contributed by atoms with van der Waals surface area (Å²) in [6.45, 7) is 4.16. The molecule has 0 saturated heterocycles. The number of thiophene rings is 1. The maximum absolute atomic E-state index is 13.3. The number of hydrogen-bond acceptors (Lipinski definition) is 9. The van der Waals surface area contributed by atoms with Gasteiger partial charge in [0.25, 0.3) is 0 Å². The Morgan fingerprint density at radius 1 is 1.14 bits per heavy atom. The van der Waals surface area contributed by atoms with Gasteiger partial charge in [0, 0.05) is 37.3 Å². The molecule has 6 rings (SSSR count). The predicted molar refractivity (Wildman–Crippen MR) is 127 cm³/mol. The monoisotopic (exact) mass is 501 g/mol. The number of aryl methyl sites for hydroxylation is 1. The number of aromatic nitrogens is 6. The standard InChI is InChI=1S/C22H22F3N9S/c1-2-4-13-11-14-18(32-9-10-34-16(12-32)30-31-20(34)22(23,24)25)28-21(29-19(14)35-13)33-8-7-27-17-15(33)5-3-6-26-17/h3,5-6,11H,2,4,7-10,12H2,1H3,(H,26,27). The van der Waals surface area contributed by atoms with Crippen LogP contribution in [-0.4, -0.2) is 49.4 Å². The third-order valence-electron chi connectivity index (χ3n) is 6.16. The van der Waals surface area contributed by atoms with Crippen LogP contribution in [0.3, 0.4) is 0 Å². The van der Waals surface area contributed by atoms with Crippen molar-refractivity contribution in [1.82, 2.24) is 29.7 Å². The second kappa shape index (κ2) is 8.33. The number of pyridine rings is 1. The Kier molecular flexibility index (Phi) is 5.24. The molecular weight excluding hydrogens is 479 g/mol. The first-order valence-corrected chi connectivity index (χ1v) is 12.2. The van der Waals surface area contributed by atoms with E-state index in [0.29, 0.717) is 31.4 Å². The number of alkyl halides is 3. The molecular formula is C22H22F3N9S. The molecule has 35 heavy (non-hydrogen) atoms. The average molecular weight is 502 g/mol. The lowest BCUT2D eigenvalue weighted by Crippen LogP contribution is -2.36. The number of anilines is 4. The topological polar surface area (TPSA) is 87.9 Å². The van der Waals surface area contributed by atoms with Crippen LogP contribution in [0.2, 0.25) is 0 Å². The lowest BCUT2D eigenvalue weighted by Gasteiger charge is -2.32. The number of fused-ring (bicyclic) bond motifs is 3. The first kappa shape index (κ1) is 22.0. The fourth-order valence-electron chi connectivity index (χ4n) is 4.59. The van der Waals surface area contributed by atoms with Crippen molar-refractivity contribution in [1.29, 1.82) is 0 Å². The molecule has 4 aromatic heterocycles. The molecule has 0 saturated carbocycles. The van der Waals surface area contributed by atoms with E-state index in [2.05, 4.69) is 33.5 Å². The number of nitrogens with zero attached hydrogens (tertiary/aromatic N) is 8. The van der Waals surface area contributed by atoms with E-state index < -0.39 is 12.0 Å². The van der Waals surface area contributed by atoms with Crippen molar-refractivity contribution in [2.75, 3.05) is 34.8 Å². The summed E-state index contributed by atoms with van der Waals surface area (Å²) in [5.74, 6) is 1.35. The van der Waals surface area contributed by atoms with Crippen LogP contribution in [0.5, 0.6) is 0 Å². The van der Waals surface area contributed by atoms with Crippen molar-refractivity contribution in [2.24, 2.45) is 0 Å². The summed E-state index contributed by atoms with van der Waals surface area (Å²) in [5, 5.41) is 11.5. The summed E-state index contributed by atoms with van der Waals surface area (Å²) >= 11 is 1.63. The van der Waals surface area contributed by atoms with Gasteiger partial charge in [-0.1, -0.05) is 13.3 Å². The Morgan fingerprint density at radius 2 is 2.03 bits per heavy atom. The van der Waals surface area contributed by atoms with Gasteiger partial charge < -0.3 is 19.7 Å². The molecule has 4 aromatic rings. The molecule has 0 aromatic carbocycles. The van der Waals surface area contributed by atoms with Gasteiger partial charge in [-0.3, -0.25) is 0 Å². The molecule has 182 valence electrons. The van der Waals surface area contributed by atoms with E-state index in [-0.39, 0.29) is 18.9 Å². The first-order valence-electron chi connectivity index (χ1n) is 11.4. The molecule has 6 heterocycles. The van der Waals surface area contributed by atoms with Gasteiger partial charge in [-0.05, 0) is 24.6 Å². The summed E-state index contributed by atoms with van der Waals surface area (Å²) in [6, 6.07) is 5.95. The van der Waals surface area contributed by atoms with Crippen LogP contribution in [0.4, 0.5) is 36.4 Å². The van der Waals surface area contributed by atoms with Gasteiger partial charge in [-0.25, -0.2) is 9.97 Å². The Labute approximate surface area is 202 Å². The van der Waals surface area contributed by atoms with Crippen LogP contribution in [0.1, 0.15) is 29.9 Å². The summed E-state index contributed by atoms with van der Waals surface area (Å²) in [4.78, 5) is 20.4. The Morgan fingerprint density at radius 3 is 2.86 bits per heavy atom. The quantitative estimate of drug-likeness (QED) is 0.445. The fourth-order valence-corrected chi connectivity index (χ4v) is 5.71. The zero-order valence-corrected chi connectivity index (χ0v) is 19.7. The van der Waals surface area contributed by atoms with Gasteiger partial charge in [0.2, 0.25) is 11.8 Å². The highest BCUT2D eigenvalue weighted by Gasteiger charge is 2.40. The smallest absolute Gasteiger partial charge is 0.367 e. The molecule has 0 amide bonds. The molecule has 9 nitrogen and oxygen atoms in total. The van der Waals surface area contributed by atoms with Crippen LogP contribution in [-0.2, 0) is 25.7 Å². The minimum absolute atomic E-state index is 0.129. The largest absolute Gasteiger partial charge is 0.451 e. The highest BCUT2D eigenvalue weighted by atomic mass is 32.1. The number of hydrogen-bond donors (Lipinski definition) is 1. The van der Waals surface area contributed by atoms with E-state index in [1.807, 2.05) is 21.9 Å². The molecule has 2 aliphatic rings. The maximum Gasteiger partial charge on any atom is 0.451 e. The zero-order chi connectivity index (χ0) is 24.2. The maximum atomic E-state index is 13.3. The van der Waals surface area contributed by atoms with Crippen LogP contribution in [0.15, 0.2) is 24.4 Å². The first-order chi connectivity index (χ1) is 16.9. The minimum Gasteiger partial charge on any atom is -0.367 e. The molecule has 0 aliphatic carbocycles. The predicted octanol–water partition coefficient (Wildman–Crippen LogP) is 4.23. The third-order valence-corrected chi connectivity index (χ3v) is 7.25. The second-order valence-electron chi connectivity index (χ2n) is 8.49. The molecule has 2 aliphatic heterocycles. The molecule has 0 atom stereocenters. The summed E-state index contributed by atoms with van der Waals surface area (Å²) in [7, 11) is 0. The Hall–Kier alpha value is -3.48. The van der Waals surface area contributed by atoms with E-state index >= 15 is 0 Å². The number of halogens is 3. The summed E-state index contributed by atoms with van der Waals surface area (Å²) in [5.41, 5.74) is 0.891. The molecule has 13 heteroatoms. The normalized spacial score (nSPS) is 15.8. The van der Waals surface area contributed by atoms with Crippen LogP contribution in [0.25, 0.3) is 10.2 Å². The van der Waals surface area contributed by atoms with Crippen LogP contribution in [0, 0.1) is 0 Å². The van der Waals surface area contributed by atoms with E-state index in [1.165, 1.54) is 4.88 Å². The van der Waals surface area contributed by atoms with Gasteiger partial charge in [-0.15, -0.1) is 21.5 Å². The van der Waals surface area contributed by atoms with E-state index in [0.717, 1.165) is 39.1 Å². The molecule has 1 N–H and O–H groups in total. The lowest BCUT2D eigenvalue weighted by molar-refractivity contribution is -0.147. The van der Waals surface area contributed by atoms with Gasteiger partial charge in [-0.2, -0.15) is 18.2 Å². The van der Waals surface area contributed by atoms with Crippen molar-refractivity contribution in [3.8, 4) is 0 Å². The summed E-state index contributed by atoms with van der Waals surface area (Å²) < 4.78 is 41.1. The molecule has 0 spiro atoms. The fraction of sp³-hybridized carbons (Fsp3) is 0.409. The van der Waals surface area contributed by atoms with Gasteiger partial charge in [0.15, 0.2) is 5.82 Å². The lowest BCUT2D eigenvalue weighted by atomic mass is 10.2. The molecule has 0 radical (unpaired) electrons. The van der Waals surface area contributed by atoms with E-state index in [4.69, 9.17) is 9.97 Å². The van der Waals surface area contributed by atoms with Crippen molar-refractivity contribution in [3.05, 3.63) is 40.9 Å². The van der Waals surface area contributed by atoms with Gasteiger partial charge in [0.05, 0.1) is 17.6 Å². The number of rotatable bonds is 4. The molecule has 0 bridgehead atoms. The Balaban J connectivity index is 1.44. The summed E-state index contributed by atoms with van der Waals surface area (Å²) in [6.07, 6.45) is -0.860. The van der Waals surface area contributed by atoms with E-state index in [1.54, 1.807) is 17.5 Å². The highest BCUT2D eigenvalue weighted by molar-refractivity contribution is 7.18. The zero-order valence-electron chi connectivity index (χ0n) is 18.9. The van der Waals surface area contributed by atoms with Crippen LogP contribution >= 0.6 is 11.3 Å². The second-order valence-corrected chi connectivity index (χ2v) is 9.60. The third kappa shape index (κ3) is 3.83. The van der Waals surface area contributed by atoms with E-state index in [9.17, 15) is 13.2 Å². The van der Waals surface area contributed by atoms with Crippen molar-refractivity contribution >= 4 is 44.8 Å². The van der Waals surface area contributed by atoms with Crippen molar-refractivity contribution < 1.29 is 13.2 Å². The van der Waals surface area contributed by atoms with Gasteiger partial charge >= 0.3 is 6.18 Å². The number of nitrogens with one attached hydrogen (secondary N) is 1. The highest BCUT2D eigenvalue weighted by Crippen LogP contribution is 2.38. The molecule has 0 fully saturated rings. The van der Waals surface area contributed by atoms with Gasteiger partial charge in [0.1, 0.15) is 16.5 Å². The SMILES string of the molecule is CCCc1cc2c(N3CCn4c(nnc4C(F)(F)F)C3)nc(N3CCNc4ncccc43)nc2s1. The molecule has 0 unspecified atom stereocenters. The minimum atomic E-state index is -4.53. The average Bonchev–Trinajstić information content (AvgIpc) is 3.46. The van der Waals surface area contributed by atoms with Crippen LogP contribution < -0.4 is 15.1 Å². The van der Waals surface area contributed by atoms with Crippen molar-refractivity contribution in [3.63, 3.8) is 0 Å².